The predicted molar refractivity (Wildman–Crippen MR) is 102 cm³/mol. The number of nitrogens with zero attached hydrogens (tertiary/aromatic N) is 1. The Morgan fingerprint density at radius 1 is 1.22 bits per heavy atom. The first-order chi connectivity index (χ1) is 12.8. The molecule has 0 spiro atoms. The molecule has 27 heavy (non-hydrogen) atoms. The second kappa shape index (κ2) is 7.69. The van der Waals surface area contributed by atoms with Gasteiger partial charge in [0, 0.05) is 6.04 Å². The van der Waals surface area contributed by atoms with Crippen molar-refractivity contribution in [2.45, 2.75) is 38.8 Å². The number of carbonyl (C=O) groups is 2. The first-order valence-electron chi connectivity index (χ1n) is 8.82. The Hall–Kier alpha value is -2.40. The molecule has 1 aliphatic carbocycles. The number of ether oxygens (including phenoxy) is 1. The van der Waals surface area contributed by atoms with Gasteiger partial charge in [-0.2, -0.15) is 0 Å². The number of aryl methyl sites for hydroxylation is 1. The highest BCUT2D eigenvalue weighted by molar-refractivity contribution is 6.33. The molecular formula is C21H21ClFNO3. The molecule has 0 aromatic heterocycles. The van der Waals surface area contributed by atoms with Gasteiger partial charge in [0.25, 0.3) is 5.91 Å². The zero-order valence-electron chi connectivity index (χ0n) is 15.5. The topological polar surface area (TPSA) is 46.6 Å². The van der Waals surface area contributed by atoms with E-state index < -0.39 is 11.8 Å². The fourth-order valence-corrected chi connectivity index (χ4v) is 3.90. The van der Waals surface area contributed by atoms with Crippen LogP contribution in [0.4, 0.5) is 4.39 Å². The Morgan fingerprint density at radius 2 is 1.96 bits per heavy atom. The van der Waals surface area contributed by atoms with Crippen LogP contribution in [0.25, 0.3) is 0 Å². The summed E-state index contributed by atoms with van der Waals surface area (Å²) in [6.07, 6.45) is 1.57. The molecule has 1 atom stereocenters. The smallest absolute Gasteiger partial charge is 0.337 e. The maximum Gasteiger partial charge on any atom is 0.337 e. The summed E-state index contributed by atoms with van der Waals surface area (Å²) in [4.78, 5) is 26.9. The molecule has 2 aromatic rings. The standard InChI is InChI=1S/C21H21ClFNO3/c1-12(2)24(20(25)16-8-7-15(23)11-18(16)22)19-9-6-13-4-5-14(10-17(13)19)21(26)27-3/h4-5,7-8,10-12,19H,6,9H2,1-3H3/t19-/m1/s1. The van der Waals surface area contributed by atoms with Crippen molar-refractivity contribution in [2.75, 3.05) is 7.11 Å². The van der Waals surface area contributed by atoms with Crippen LogP contribution >= 0.6 is 11.6 Å². The van der Waals surface area contributed by atoms with Gasteiger partial charge in [-0.1, -0.05) is 17.7 Å². The van der Waals surface area contributed by atoms with Crippen LogP contribution in [0.3, 0.4) is 0 Å². The van der Waals surface area contributed by atoms with E-state index in [9.17, 15) is 14.0 Å². The third-order valence-electron chi connectivity index (χ3n) is 4.90. The minimum absolute atomic E-state index is 0.0900. The number of benzene rings is 2. The van der Waals surface area contributed by atoms with E-state index in [1.54, 1.807) is 17.0 Å². The van der Waals surface area contributed by atoms with Gasteiger partial charge in [0.2, 0.25) is 0 Å². The zero-order chi connectivity index (χ0) is 19.7. The van der Waals surface area contributed by atoms with Gasteiger partial charge < -0.3 is 9.64 Å². The number of fused-ring (bicyclic) bond motifs is 1. The minimum atomic E-state index is -0.485. The lowest BCUT2D eigenvalue weighted by Crippen LogP contribution is -2.39. The highest BCUT2D eigenvalue weighted by Gasteiger charge is 2.34. The van der Waals surface area contributed by atoms with E-state index in [0.29, 0.717) is 5.56 Å². The van der Waals surface area contributed by atoms with E-state index in [4.69, 9.17) is 16.3 Å². The van der Waals surface area contributed by atoms with Gasteiger partial charge in [0.05, 0.1) is 29.3 Å². The van der Waals surface area contributed by atoms with E-state index in [0.717, 1.165) is 30.0 Å². The minimum Gasteiger partial charge on any atom is -0.465 e. The molecule has 0 fully saturated rings. The molecule has 0 bridgehead atoms. The average Bonchev–Trinajstić information content (AvgIpc) is 3.03. The number of esters is 1. The Labute approximate surface area is 162 Å². The van der Waals surface area contributed by atoms with Crippen LogP contribution in [0.15, 0.2) is 36.4 Å². The van der Waals surface area contributed by atoms with Gasteiger partial charge in [-0.15, -0.1) is 0 Å². The van der Waals surface area contributed by atoms with E-state index in [1.807, 2.05) is 19.9 Å². The molecule has 142 valence electrons. The highest BCUT2D eigenvalue weighted by Crippen LogP contribution is 2.39. The Bertz CT molecular complexity index is 897. The van der Waals surface area contributed by atoms with Crippen LogP contribution in [-0.2, 0) is 11.2 Å². The maximum atomic E-state index is 13.4. The molecule has 0 saturated heterocycles. The van der Waals surface area contributed by atoms with Gasteiger partial charge in [-0.3, -0.25) is 4.79 Å². The molecule has 0 saturated carbocycles. The number of amides is 1. The fourth-order valence-electron chi connectivity index (χ4n) is 3.65. The predicted octanol–water partition coefficient (Wildman–Crippen LogP) is 4.80. The third-order valence-corrected chi connectivity index (χ3v) is 5.21. The average molecular weight is 390 g/mol. The van der Waals surface area contributed by atoms with Crippen molar-refractivity contribution in [3.05, 3.63) is 69.5 Å². The number of hydrogen-bond donors (Lipinski definition) is 0. The molecule has 3 rings (SSSR count). The van der Waals surface area contributed by atoms with Crippen molar-refractivity contribution < 1.29 is 18.7 Å². The lowest BCUT2D eigenvalue weighted by atomic mass is 10.0. The number of methoxy groups -OCH3 is 1. The molecule has 0 aliphatic heterocycles. The molecule has 0 heterocycles. The zero-order valence-corrected chi connectivity index (χ0v) is 16.2. The molecule has 1 amide bonds. The molecule has 1 aliphatic rings. The van der Waals surface area contributed by atoms with Crippen LogP contribution in [0, 0.1) is 5.82 Å². The van der Waals surface area contributed by atoms with E-state index in [-0.39, 0.29) is 28.6 Å². The Kier molecular flexibility index (Phi) is 5.51. The molecule has 6 heteroatoms. The molecule has 0 N–H and O–H groups in total. The molecule has 2 aromatic carbocycles. The van der Waals surface area contributed by atoms with Gasteiger partial charge >= 0.3 is 5.97 Å². The summed E-state index contributed by atoms with van der Waals surface area (Å²) < 4.78 is 18.2. The number of hydrogen-bond acceptors (Lipinski definition) is 3. The molecule has 0 unspecified atom stereocenters. The molecule has 0 radical (unpaired) electrons. The second-order valence-electron chi connectivity index (χ2n) is 6.89. The fraction of sp³-hybridized carbons (Fsp3) is 0.333. The summed E-state index contributed by atoms with van der Waals surface area (Å²) in [7, 11) is 1.34. The van der Waals surface area contributed by atoms with Crippen molar-refractivity contribution in [3.63, 3.8) is 0 Å². The molecular weight excluding hydrogens is 369 g/mol. The largest absolute Gasteiger partial charge is 0.465 e. The van der Waals surface area contributed by atoms with E-state index in [2.05, 4.69) is 0 Å². The Balaban J connectivity index is 2.00. The van der Waals surface area contributed by atoms with Crippen molar-refractivity contribution in [1.29, 1.82) is 0 Å². The molecule has 4 nitrogen and oxygen atoms in total. The number of carbonyl (C=O) groups excluding carboxylic acids is 2. The van der Waals surface area contributed by atoms with Crippen molar-refractivity contribution in [1.82, 2.24) is 4.90 Å². The quantitative estimate of drug-likeness (QED) is 0.705. The summed E-state index contributed by atoms with van der Waals surface area (Å²) in [5.41, 5.74) is 2.78. The maximum absolute atomic E-state index is 13.4. The summed E-state index contributed by atoms with van der Waals surface area (Å²) >= 11 is 6.12. The second-order valence-corrected chi connectivity index (χ2v) is 7.30. The van der Waals surface area contributed by atoms with Gasteiger partial charge in [-0.25, -0.2) is 9.18 Å². The van der Waals surface area contributed by atoms with Crippen LogP contribution in [0.5, 0.6) is 0 Å². The van der Waals surface area contributed by atoms with Crippen molar-refractivity contribution >= 4 is 23.5 Å². The summed E-state index contributed by atoms with van der Waals surface area (Å²) in [6.45, 7) is 3.86. The van der Waals surface area contributed by atoms with Crippen molar-refractivity contribution in [3.8, 4) is 0 Å². The first kappa shape index (κ1) is 19.4. The van der Waals surface area contributed by atoms with Crippen LogP contribution in [0.1, 0.15) is 58.2 Å². The highest BCUT2D eigenvalue weighted by atomic mass is 35.5. The third kappa shape index (κ3) is 3.69. The number of halogens is 2. The van der Waals surface area contributed by atoms with Crippen molar-refractivity contribution in [2.24, 2.45) is 0 Å². The SMILES string of the molecule is COC(=O)c1ccc2c(c1)[C@H](N(C(=O)c1ccc(F)cc1Cl)C(C)C)CC2. The summed E-state index contributed by atoms with van der Waals surface area (Å²) in [6, 6.07) is 8.96. The van der Waals surface area contributed by atoms with E-state index >= 15 is 0 Å². The lowest BCUT2D eigenvalue weighted by Gasteiger charge is -2.34. The van der Waals surface area contributed by atoms with Gasteiger partial charge in [-0.05, 0) is 68.1 Å². The summed E-state index contributed by atoms with van der Waals surface area (Å²) in [5.74, 6) is -1.15. The normalized spacial score (nSPS) is 15.6. The van der Waals surface area contributed by atoms with Crippen LogP contribution in [-0.4, -0.2) is 29.9 Å². The first-order valence-corrected chi connectivity index (χ1v) is 9.20. The monoisotopic (exact) mass is 389 g/mol. The van der Waals surface area contributed by atoms with Gasteiger partial charge in [0.15, 0.2) is 0 Å². The van der Waals surface area contributed by atoms with E-state index in [1.165, 1.54) is 19.2 Å². The summed E-state index contributed by atoms with van der Waals surface area (Å²) in [5, 5.41) is 0.0900. The van der Waals surface area contributed by atoms with Crippen LogP contribution in [0.2, 0.25) is 5.02 Å². The van der Waals surface area contributed by atoms with Crippen LogP contribution < -0.4 is 0 Å². The lowest BCUT2D eigenvalue weighted by molar-refractivity contribution is 0.0600. The Morgan fingerprint density at radius 3 is 2.59 bits per heavy atom. The number of rotatable bonds is 4. The van der Waals surface area contributed by atoms with Gasteiger partial charge in [0.1, 0.15) is 5.82 Å².